The normalized spacial score (nSPS) is 20.8. The number of nitrogens with one attached hydrogen (secondary N) is 1. The zero-order valence-corrected chi connectivity index (χ0v) is 14.8. The van der Waals surface area contributed by atoms with Crippen molar-refractivity contribution in [3.8, 4) is 0 Å². The van der Waals surface area contributed by atoms with Crippen molar-refractivity contribution in [2.24, 2.45) is 0 Å². The molecule has 0 unspecified atom stereocenters. The molecule has 1 fully saturated rings. The Hall–Kier alpha value is -1.22. The quantitative estimate of drug-likeness (QED) is 0.720. The van der Waals surface area contributed by atoms with Crippen molar-refractivity contribution < 1.29 is 22.7 Å². The minimum absolute atomic E-state index is 0.0203. The Morgan fingerprint density at radius 1 is 1.46 bits per heavy atom. The Morgan fingerprint density at radius 2 is 2.12 bits per heavy atom. The first-order valence-electron chi connectivity index (χ1n) is 7.60. The second kappa shape index (κ2) is 7.77. The molecule has 0 aliphatic heterocycles. The molecule has 0 aromatic heterocycles. The molecule has 1 aliphatic carbocycles. The Morgan fingerprint density at radius 3 is 2.71 bits per heavy atom. The maximum Gasteiger partial charge on any atom is 0.317 e. The molecular formula is C15H20ClFN2O4S. The van der Waals surface area contributed by atoms with Gasteiger partial charge in [-0.3, -0.25) is 9.69 Å². The Labute approximate surface area is 145 Å². The van der Waals surface area contributed by atoms with Crippen LogP contribution in [-0.2, 0) is 20.6 Å². The van der Waals surface area contributed by atoms with E-state index in [1.807, 2.05) is 6.92 Å². The SMILES string of the molecule is CCN(CC(=O)O)C1CC(NS(=O)(=O)Cc2cc(Cl)ccc2F)C1. The van der Waals surface area contributed by atoms with Crippen LogP contribution in [0.5, 0.6) is 0 Å². The molecule has 0 heterocycles. The first-order chi connectivity index (χ1) is 11.2. The van der Waals surface area contributed by atoms with E-state index in [9.17, 15) is 17.6 Å². The first-order valence-corrected chi connectivity index (χ1v) is 9.63. The van der Waals surface area contributed by atoms with Crippen LogP contribution in [0.2, 0.25) is 5.02 Å². The third-order valence-corrected chi connectivity index (χ3v) is 5.69. The monoisotopic (exact) mass is 378 g/mol. The molecule has 1 aromatic carbocycles. The zero-order valence-electron chi connectivity index (χ0n) is 13.2. The molecule has 0 saturated heterocycles. The fourth-order valence-corrected chi connectivity index (χ4v) is 4.42. The number of benzene rings is 1. The van der Waals surface area contributed by atoms with E-state index in [1.54, 1.807) is 4.90 Å². The first kappa shape index (κ1) is 19.1. The topological polar surface area (TPSA) is 86.7 Å². The van der Waals surface area contributed by atoms with E-state index < -0.39 is 27.6 Å². The number of hydrogen-bond acceptors (Lipinski definition) is 4. The highest BCUT2D eigenvalue weighted by Gasteiger charge is 2.36. The lowest BCUT2D eigenvalue weighted by Gasteiger charge is -2.42. The van der Waals surface area contributed by atoms with E-state index in [1.165, 1.54) is 12.1 Å². The fraction of sp³-hybridized carbons (Fsp3) is 0.533. The second-order valence-electron chi connectivity index (χ2n) is 5.89. The minimum atomic E-state index is -3.70. The number of halogens is 2. The Bertz CT molecular complexity index is 707. The third kappa shape index (κ3) is 5.14. The summed E-state index contributed by atoms with van der Waals surface area (Å²) in [5.41, 5.74) is 0.0203. The minimum Gasteiger partial charge on any atom is -0.480 e. The smallest absolute Gasteiger partial charge is 0.317 e. The maximum atomic E-state index is 13.7. The van der Waals surface area contributed by atoms with Gasteiger partial charge in [0.25, 0.3) is 0 Å². The predicted molar refractivity (Wildman–Crippen MR) is 88.9 cm³/mol. The number of carboxylic acids is 1. The summed E-state index contributed by atoms with van der Waals surface area (Å²) in [5, 5.41) is 9.12. The highest BCUT2D eigenvalue weighted by molar-refractivity contribution is 7.88. The van der Waals surface area contributed by atoms with Gasteiger partial charge in [-0.2, -0.15) is 0 Å². The lowest BCUT2D eigenvalue weighted by atomic mass is 9.86. The highest BCUT2D eigenvalue weighted by atomic mass is 35.5. The molecule has 0 spiro atoms. The van der Waals surface area contributed by atoms with Crippen LogP contribution in [0, 0.1) is 5.82 Å². The number of aliphatic carboxylic acids is 1. The molecule has 6 nitrogen and oxygen atoms in total. The summed E-state index contributed by atoms with van der Waals surface area (Å²) in [7, 11) is -3.70. The number of hydrogen-bond donors (Lipinski definition) is 2. The van der Waals surface area contributed by atoms with Crippen molar-refractivity contribution in [3.05, 3.63) is 34.6 Å². The van der Waals surface area contributed by atoms with Gasteiger partial charge in [0.1, 0.15) is 5.82 Å². The van der Waals surface area contributed by atoms with Crippen LogP contribution in [-0.4, -0.2) is 49.6 Å². The molecule has 134 valence electrons. The number of carboxylic acid groups (broad SMARTS) is 1. The largest absolute Gasteiger partial charge is 0.480 e. The fourth-order valence-electron chi connectivity index (χ4n) is 2.81. The lowest BCUT2D eigenvalue weighted by molar-refractivity contribution is -0.139. The standard InChI is InChI=1S/C15H20ClFN2O4S/c1-2-19(8-15(20)21)13-6-12(7-13)18-24(22,23)9-10-5-11(16)3-4-14(10)17/h3-5,12-13,18H,2,6-9H2,1H3,(H,20,21). The van der Waals surface area contributed by atoms with E-state index >= 15 is 0 Å². The predicted octanol–water partition coefficient (Wildman–Crippen LogP) is 1.84. The summed E-state index contributed by atoms with van der Waals surface area (Å²) < 4.78 is 40.5. The number of nitrogens with zero attached hydrogens (tertiary/aromatic N) is 1. The van der Waals surface area contributed by atoms with Crippen molar-refractivity contribution in [2.45, 2.75) is 37.6 Å². The third-order valence-electron chi connectivity index (χ3n) is 4.07. The molecular weight excluding hydrogens is 359 g/mol. The van der Waals surface area contributed by atoms with Crippen LogP contribution in [0.3, 0.4) is 0 Å². The van der Waals surface area contributed by atoms with Gasteiger partial charge in [-0.1, -0.05) is 18.5 Å². The number of carbonyl (C=O) groups is 1. The van der Waals surface area contributed by atoms with Crippen LogP contribution in [0.25, 0.3) is 0 Å². The lowest BCUT2D eigenvalue weighted by Crippen LogP contribution is -2.54. The van der Waals surface area contributed by atoms with E-state index in [4.69, 9.17) is 16.7 Å². The van der Waals surface area contributed by atoms with Gasteiger partial charge in [-0.25, -0.2) is 17.5 Å². The van der Waals surface area contributed by atoms with Gasteiger partial charge in [0, 0.05) is 22.7 Å². The molecule has 9 heteroatoms. The van der Waals surface area contributed by atoms with Gasteiger partial charge in [-0.05, 0) is 37.6 Å². The average Bonchev–Trinajstić information content (AvgIpc) is 2.43. The molecule has 2 N–H and O–H groups in total. The molecule has 0 bridgehead atoms. The van der Waals surface area contributed by atoms with Crippen molar-refractivity contribution in [1.82, 2.24) is 9.62 Å². The summed E-state index contributed by atoms with van der Waals surface area (Å²) in [6.07, 6.45) is 1.08. The molecule has 1 aromatic rings. The van der Waals surface area contributed by atoms with E-state index in [2.05, 4.69) is 4.72 Å². The summed E-state index contributed by atoms with van der Waals surface area (Å²) in [6.45, 7) is 2.39. The molecule has 1 aliphatic rings. The second-order valence-corrected chi connectivity index (χ2v) is 8.08. The van der Waals surface area contributed by atoms with Crippen LogP contribution in [0.15, 0.2) is 18.2 Å². The zero-order chi connectivity index (χ0) is 17.9. The summed E-state index contributed by atoms with van der Waals surface area (Å²) in [5.74, 6) is -2.00. The maximum absolute atomic E-state index is 13.7. The highest BCUT2D eigenvalue weighted by Crippen LogP contribution is 2.27. The van der Waals surface area contributed by atoms with Gasteiger partial charge in [0.2, 0.25) is 10.0 Å². The number of sulfonamides is 1. The van der Waals surface area contributed by atoms with Gasteiger partial charge in [0.15, 0.2) is 0 Å². The molecule has 2 rings (SSSR count). The summed E-state index contributed by atoms with van der Waals surface area (Å²) in [4.78, 5) is 12.6. The number of likely N-dealkylation sites (N-methyl/N-ethyl adjacent to an activating group) is 1. The van der Waals surface area contributed by atoms with Gasteiger partial charge in [-0.15, -0.1) is 0 Å². The molecule has 0 amide bonds. The van der Waals surface area contributed by atoms with Crippen LogP contribution < -0.4 is 4.72 Å². The summed E-state index contributed by atoms with van der Waals surface area (Å²) in [6, 6.07) is 3.58. The number of rotatable bonds is 8. The van der Waals surface area contributed by atoms with Gasteiger partial charge >= 0.3 is 5.97 Å². The van der Waals surface area contributed by atoms with E-state index in [-0.39, 0.29) is 29.2 Å². The molecule has 0 atom stereocenters. The molecule has 1 saturated carbocycles. The van der Waals surface area contributed by atoms with Gasteiger partial charge in [0.05, 0.1) is 12.3 Å². The van der Waals surface area contributed by atoms with Gasteiger partial charge < -0.3 is 5.11 Å². The molecule has 24 heavy (non-hydrogen) atoms. The summed E-state index contributed by atoms with van der Waals surface area (Å²) >= 11 is 5.77. The van der Waals surface area contributed by atoms with E-state index in [0.717, 1.165) is 6.07 Å². The Kier molecular flexibility index (Phi) is 6.19. The van der Waals surface area contributed by atoms with Crippen molar-refractivity contribution in [1.29, 1.82) is 0 Å². The molecule has 0 radical (unpaired) electrons. The average molecular weight is 379 g/mol. The van der Waals surface area contributed by atoms with Crippen molar-refractivity contribution >= 4 is 27.6 Å². The van der Waals surface area contributed by atoms with Crippen molar-refractivity contribution in [3.63, 3.8) is 0 Å². The van der Waals surface area contributed by atoms with Crippen LogP contribution in [0.1, 0.15) is 25.3 Å². The Balaban J connectivity index is 1.90. The van der Waals surface area contributed by atoms with Crippen molar-refractivity contribution in [2.75, 3.05) is 13.1 Å². The van der Waals surface area contributed by atoms with Crippen LogP contribution in [0.4, 0.5) is 4.39 Å². The van der Waals surface area contributed by atoms with E-state index in [0.29, 0.717) is 19.4 Å². The van der Waals surface area contributed by atoms with Crippen LogP contribution >= 0.6 is 11.6 Å².